The molecule has 0 radical (unpaired) electrons. The molecule has 2 atom stereocenters. The molecule has 1 amide bonds. The summed E-state index contributed by atoms with van der Waals surface area (Å²) in [7, 11) is 0. The van der Waals surface area contributed by atoms with Gasteiger partial charge in [0.2, 0.25) is 5.91 Å². The van der Waals surface area contributed by atoms with E-state index in [0.717, 1.165) is 6.42 Å². The average molecular weight is 243 g/mol. The monoisotopic (exact) mass is 242 g/mol. The zero-order valence-electron chi connectivity index (χ0n) is 8.54. The third-order valence-corrected chi connectivity index (χ3v) is 2.94. The van der Waals surface area contributed by atoms with E-state index < -0.39 is 5.82 Å². The van der Waals surface area contributed by atoms with Gasteiger partial charge in [-0.25, -0.2) is 4.39 Å². The second-order valence-electron chi connectivity index (χ2n) is 3.95. The maximum Gasteiger partial charge on any atom is 0.224 e. The smallest absolute Gasteiger partial charge is 0.224 e. The van der Waals surface area contributed by atoms with E-state index in [1.165, 1.54) is 12.1 Å². The van der Waals surface area contributed by atoms with Crippen LogP contribution in [0.25, 0.3) is 0 Å². The van der Waals surface area contributed by atoms with E-state index in [1.807, 2.05) is 0 Å². The molecule has 0 aromatic heterocycles. The van der Waals surface area contributed by atoms with Crippen molar-refractivity contribution < 1.29 is 9.18 Å². The van der Waals surface area contributed by atoms with E-state index in [4.69, 9.17) is 17.3 Å². The Morgan fingerprint density at radius 1 is 1.62 bits per heavy atom. The number of amides is 1. The van der Waals surface area contributed by atoms with E-state index >= 15 is 0 Å². The number of carbonyl (C=O) groups is 1. The molecule has 86 valence electrons. The van der Waals surface area contributed by atoms with Crippen LogP contribution in [0.1, 0.15) is 12.0 Å². The fraction of sp³-hybridized carbons (Fsp3) is 0.364. The summed E-state index contributed by atoms with van der Waals surface area (Å²) in [6.07, 6.45) is 0.742. The van der Waals surface area contributed by atoms with E-state index in [0.29, 0.717) is 0 Å². The number of carbonyl (C=O) groups excluding carboxylic acids is 1. The first kappa shape index (κ1) is 11.4. The summed E-state index contributed by atoms with van der Waals surface area (Å²) in [4.78, 5) is 11.5. The van der Waals surface area contributed by atoms with Crippen LogP contribution in [-0.4, -0.2) is 18.0 Å². The van der Waals surface area contributed by atoms with Crippen molar-refractivity contribution in [3.63, 3.8) is 0 Å². The van der Waals surface area contributed by atoms with Crippen LogP contribution >= 0.6 is 11.6 Å². The molecule has 3 N–H and O–H groups in total. The predicted octanol–water partition coefficient (Wildman–Crippen LogP) is 1.24. The first-order valence-electron chi connectivity index (χ1n) is 5.06. The summed E-state index contributed by atoms with van der Waals surface area (Å²) in [5.41, 5.74) is 5.79. The van der Waals surface area contributed by atoms with Crippen molar-refractivity contribution in [2.75, 3.05) is 0 Å². The van der Waals surface area contributed by atoms with Gasteiger partial charge in [0.05, 0.1) is 6.42 Å². The van der Waals surface area contributed by atoms with Crippen molar-refractivity contribution in [2.24, 2.45) is 5.73 Å². The summed E-state index contributed by atoms with van der Waals surface area (Å²) in [6.45, 7) is 0. The van der Waals surface area contributed by atoms with E-state index in [9.17, 15) is 9.18 Å². The summed E-state index contributed by atoms with van der Waals surface area (Å²) in [5, 5.41) is 2.99. The maximum atomic E-state index is 13.4. The van der Waals surface area contributed by atoms with Gasteiger partial charge in [0, 0.05) is 22.7 Å². The Bertz CT molecular complexity index is 404. The molecule has 1 saturated carbocycles. The van der Waals surface area contributed by atoms with Crippen molar-refractivity contribution in [1.82, 2.24) is 5.32 Å². The molecule has 0 heterocycles. The first-order valence-corrected chi connectivity index (χ1v) is 5.43. The van der Waals surface area contributed by atoms with E-state index in [1.54, 1.807) is 6.07 Å². The average Bonchev–Trinajstić information content (AvgIpc) is 2.88. The summed E-state index contributed by atoms with van der Waals surface area (Å²) < 4.78 is 13.4. The lowest BCUT2D eigenvalue weighted by atomic mass is 10.1. The van der Waals surface area contributed by atoms with Crippen LogP contribution in [0, 0.1) is 5.82 Å². The van der Waals surface area contributed by atoms with Gasteiger partial charge in [-0.05, 0) is 18.6 Å². The van der Waals surface area contributed by atoms with Crippen molar-refractivity contribution in [2.45, 2.75) is 24.9 Å². The molecule has 16 heavy (non-hydrogen) atoms. The van der Waals surface area contributed by atoms with Gasteiger partial charge in [-0.1, -0.05) is 17.7 Å². The number of rotatable bonds is 3. The Kier molecular flexibility index (Phi) is 3.12. The lowest BCUT2D eigenvalue weighted by Gasteiger charge is -2.06. The molecule has 0 spiro atoms. The van der Waals surface area contributed by atoms with Crippen molar-refractivity contribution >= 4 is 17.5 Å². The fourth-order valence-electron chi connectivity index (χ4n) is 1.50. The van der Waals surface area contributed by atoms with Crippen LogP contribution in [0.2, 0.25) is 5.02 Å². The van der Waals surface area contributed by atoms with Gasteiger partial charge in [0.1, 0.15) is 5.82 Å². The molecule has 1 fully saturated rings. The molecule has 2 unspecified atom stereocenters. The largest absolute Gasteiger partial charge is 0.351 e. The minimum atomic E-state index is -0.456. The Balaban J connectivity index is 2.00. The lowest BCUT2D eigenvalue weighted by molar-refractivity contribution is -0.120. The SMILES string of the molecule is NC1CC1NC(=O)Cc1c(F)cccc1Cl. The van der Waals surface area contributed by atoms with E-state index in [-0.39, 0.29) is 35.0 Å². The van der Waals surface area contributed by atoms with Crippen LogP contribution < -0.4 is 11.1 Å². The van der Waals surface area contributed by atoms with Gasteiger partial charge in [-0.3, -0.25) is 4.79 Å². The van der Waals surface area contributed by atoms with Crippen LogP contribution in [0.3, 0.4) is 0 Å². The number of halogens is 2. The standard InChI is InChI=1S/C11H12ClFN2O/c12-7-2-1-3-8(13)6(7)4-11(16)15-10-5-9(10)14/h1-3,9-10H,4-5,14H2,(H,15,16). The van der Waals surface area contributed by atoms with Crippen LogP contribution in [-0.2, 0) is 11.2 Å². The van der Waals surface area contributed by atoms with Crippen LogP contribution in [0.4, 0.5) is 4.39 Å². The van der Waals surface area contributed by atoms with Crippen molar-refractivity contribution in [3.05, 3.63) is 34.6 Å². The van der Waals surface area contributed by atoms with Gasteiger partial charge in [-0.15, -0.1) is 0 Å². The van der Waals surface area contributed by atoms with Gasteiger partial charge in [-0.2, -0.15) is 0 Å². The highest BCUT2D eigenvalue weighted by Crippen LogP contribution is 2.21. The molecular formula is C11H12ClFN2O. The van der Waals surface area contributed by atoms with Gasteiger partial charge in [0.15, 0.2) is 0 Å². The highest BCUT2D eigenvalue weighted by molar-refractivity contribution is 6.31. The topological polar surface area (TPSA) is 55.1 Å². The van der Waals surface area contributed by atoms with Gasteiger partial charge < -0.3 is 11.1 Å². The third kappa shape index (κ3) is 2.51. The molecule has 3 nitrogen and oxygen atoms in total. The molecule has 2 rings (SSSR count). The number of nitrogens with one attached hydrogen (secondary N) is 1. The predicted molar refractivity (Wildman–Crippen MR) is 59.6 cm³/mol. The number of benzene rings is 1. The maximum absolute atomic E-state index is 13.4. The fourth-order valence-corrected chi connectivity index (χ4v) is 1.73. The number of hydrogen-bond acceptors (Lipinski definition) is 2. The zero-order chi connectivity index (χ0) is 11.7. The molecule has 0 aliphatic heterocycles. The Hall–Kier alpha value is -1.13. The van der Waals surface area contributed by atoms with Crippen molar-refractivity contribution in [1.29, 1.82) is 0 Å². The highest BCUT2D eigenvalue weighted by Gasteiger charge is 2.34. The normalized spacial score (nSPS) is 22.9. The first-order chi connectivity index (χ1) is 7.58. The minimum Gasteiger partial charge on any atom is -0.351 e. The molecule has 0 saturated heterocycles. The Morgan fingerprint density at radius 3 is 2.88 bits per heavy atom. The van der Waals surface area contributed by atoms with Crippen LogP contribution in [0.15, 0.2) is 18.2 Å². The van der Waals surface area contributed by atoms with Gasteiger partial charge in [0.25, 0.3) is 0 Å². The summed E-state index contributed by atoms with van der Waals surface area (Å²) >= 11 is 5.81. The lowest BCUT2D eigenvalue weighted by Crippen LogP contribution is -2.31. The molecular weight excluding hydrogens is 231 g/mol. The molecule has 1 aliphatic carbocycles. The molecule has 1 aromatic rings. The summed E-state index contributed by atoms with van der Waals surface area (Å²) in [6, 6.07) is 4.45. The molecule has 0 bridgehead atoms. The second-order valence-corrected chi connectivity index (χ2v) is 4.36. The molecule has 1 aromatic carbocycles. The summed E-state index contributed by atoms with van der Waals surface area (Å²) in [5.74, 6) is -0.701. The van der Waals surface area contributed by atoms with Gasteiger partial charge >= 0.3 is 0 Å². The second kappa shape index (κ2) is 4.39. The minimum absolute atomic E-state index is 0.0399. The number of nitrogens with two attached hydrogens (primary N) is 1. The third-order valence-electron chi connectivity index (χ3n) is 2.59. The van der Waals surface area contributed by atoms with E-state index in [2.05, 4.69) is 5.32 Å². The molecule has 1 aliphatic rings. The number of hydrogen-bond donors (Lipinski definition) is 2. The molecule has 5 heteroatoms. The Morgan fingerprint density at radius 2 is 2.31 bits per heavy atom. The van der Waals surface area contributed by atoms with Crippen molar-refractivity contribution in [3.8, 4) is 0 Å². The quantitative estimate of drug-likeness (QED) is 0.838. The van der Waals surface area contributed by atoms with Crippen LogP contribution in [0.5, 0.6) is 0 Å². The zero-order valence-corrected chi connectivity index (χ0v) is 9.30. The Labute approximate surface area is 97.8 Å². The highest BCUT2D eigenvalue weighted by atomic mass is 35.5.